The molecule has 1 radical (unpaired) electrons. The van der Waals surface area contributed by atoms with Crippen LogP contribution in [-0.4, -0.2) is 11.0 Å². The Balaban J connectivity index is 1.76. The van der Waals surface area contributed by atoms with Gasteiger partial charge in [0.2, 0.25) is 0 Å². The molecule has 0 saturated heterocycles. The summed E-state index contributed by atoms with van der Waals surface area (Å²) < 4.78 is 5.80. The maximum Gasteiger partial charge on any atom is 0.124 e. The van der Waals surface area contributed by atoms with Crippen molar-refractivity contribution < 1.29 is 4.74 Å². The Morgan fingerprint density at radius 3 is 2.27 bits per heavy atom. The van der Waals surface area contributed by atoms with Gasteiger partial charge in [-0.25, -0.2) is 0 Å². The van der Waals surface area contributed by atoms with Crippen molar-refractivity contribution in [1.82, 2.24) is 0 Å². The molecule has 0 amide bonds. The highest BCUT2D eigenvalue weighted by Crippen LogP contribution is 2.45. The summed E-state index contributed by atoms with van der Waals surface area (Å²) in [6, 6.07) is 0. The summed E-state index contributed by atoms with van der Waals surface area (Å²) in [5.74, 6) is 0. The molecule has 0 aliphatic heterocycles. The van der Waals surface area contributed by atoms with Crippen LogP contribution in [0.25, 0.3) is 0 Å². The van der Waals surface area contributed by atoms with Crippen LogP contribution in [0.15, 0.2) is 0 Å². The molecule has 0 spiro atoms. The van der Waals surface area contributed by atoms with E-state index in [-0.39, 0.29) is 4.93 Å². The number of hydrogen-bond acceptors (Lipinski definition) is 1. The number of hydrogen-bond donors (Lipinski definition) is 0. The highest BCUT2D eigenvalue weighted by molar-refractivity contribution is 7.82. The first-order chi connectivity index (χ1) is 5.29. The Morgan fingerprint density at radius 1 is 1.09 bits per heavy atom. The first-order valence-corrected chi connectivity index (χ1v) is 5.08. The molecule has 2 heteroatoms. The van der Waals surface area contributed by atoms with Crippen molar-refractivity contribution in [2.24, 2.45) is 0 Å². The third-order valence-corrected chi connectivity index (χ3v) is 3.10. The van der Waals surface area contributed by atoms with Crippen molar-refractivity contribution in [1.29, 1.82) is 0 Å². The fourth-order valence-electron chi connectivity index (χ4n) is 1.71. The average Bonchev–Trinajstić information content (AvgIpc) is 2.70. The predicted molar refractivity (Wildman–Crippen MR) is 47.5 cm³/mol. The van der Waals surface area contributed by atoms with Gasteiger partial charge >= 0.3 is 0 Å². The number of rotatable bonds is 2. The summed E-state index contributed by atoms with van der Waals surface area (Å²) in [6.07, 6.45) is 9.30. The molecule has 63 valence electrons. The molecular weight excluding hydrogens is 156 g/mol. The van der Waals surface area contributed by atoms with E-state index >= 15 is 0 Å². The maximum atomic E-state index is 5.80. The van der Waals surface area contributed by atoms with Crippen LogP contribution in [0.5, 0.6) is 0 Å². The lowest BCUT2D eigenvalue weighted by Gasteiger charge is -2.24. The van der Waals surface area contributed by atoms with Gasteiger partial charge in [-0.2, -0.15) is 0 Å². The van der Waals surface area contributed by atoms with Gasteiger partial charge in [-0.05, 0) is 25.7 Å². The minimum Gasteiger partial charge on any atom is -0.360 e. The van der Waals surface area contributed by atoms with E-state index in [2.05, 4.69) is 0 Å². The van der Waals surface area contributed by atoms with Gasteiger partial charge in [0.15, 0.2) is 0 Å². The second-order valence-electron chi connectivity index (χ2n) is 3.79. The molecule has 2 aliphatic carbocycles. The molecule has 0 N–H and O–H groups in total. The lowest BCUT2D eigenvalue weighted by Crippen LogP contribution is -2.21. The minimum atomic E-state index is -0.109. The Hall–Kier alpha value is 0.310. The molecule has 2 fully saturated rings. The molecule has 0 heterocycles. The van der Waals surface area contributed by atoms with Crippen molar-refractivity contribution in [3.05, 3.63) is 0 Å². The topological polar surface area (TPSA) is 9.23 Å². The summed E-state index contributed by atoms with van der Waals surface area (Å²) in [5.41, 5.74) is 0. The van der Waals surface area contributed by atoms with Crippen molar-refractivity contribution in [3.63, 3.8) is 0 Å². The molecule has 2 aliphatic rings. The summed E-state index contributed by atoms with van der Waals surface area (Å²) in [4.78, 5) is -0.109. The van der Waals surface area contributed by atoms with E-state index in [0.29, 0.717) is 6.10 Å². The second-order valence-corrected chi connectivity index (χ2v) is 4.53. The summed E-state index contributed by atoms with van der Waals surface area (Å²) in [6.45, 7) is 0. The van der Waals surface area contributed by atoms with Crippen molar-refractivity contribution in [2.45, 2.75) is 56.0 Å². The smallest absolute Gasteiger partial charge is 0.124 e. The lowest BCUT2D eigenvalue weighted by molar-refractivity contribution is 0.000705. The van der Waals surface area contributed by atoms with Crippen LogP contribution in [0.1, 0.15) is 44.9 Å². The van der Waals surface area contributed by atoms with E-state index in [4.69, 9.17) is 17.4 Å². The van der Waals surface area contributed by atoms with E-state index < -0.39 is 0 Å². The van der Waals surface area contributed by atoms with Gasteiger partial charge in [0.05, 0.1) is 6.10 Å². The zero-order chi connectivity index (χ0) is 7.73. The van der Waals surface area contributed by atoms with Crippen LogP contribution in [0.3, 0.4) is 0 Å². The SMILES string of the molecule is [S]C1(OC2CCCCC2)CC1. The van der Waals surface area contributed by atoms with Gasteiger partial charge in [0.1, 0.15) is 4.93 Å². The molecule has 0 bridgehead atoms. The van der Waals surface area contributed by atoms with Crippen molar-refractivity contribution in [2.75, 3.05) is 0 Å². The predicted octanol–water partition coefficient (Wildman–Crippen LogP) is 3.02. The molecule has 1 nitrogen and oxygen atoms in total. The van der Waals surface area contributed by atoms with Gasteiger partial charge in [0, 0.05) is 0 Å². The first kappa shape index (κ1) is 7.93. The molecule has 2 rings (SSSR count). The summed E-state index contributed by atoms with van der Waals surface area (Å²) in [5, 5.41) is 0. The Bertz CT molecular complexity index is 136. The molecule has 0 aromatic rings. The maximum absolute atomic E-state index is 5.80. The largest absolute Gasteiger partial charge is 0.360 e. The lowest BCUT2D eigenvalue weighted by atomic mass is 9.98. The quantitative estimate of drug-likeness (QED) is 0.620. The molecule has 0 unspecified atom stereocenters. The zero-order valence-corrected chi connectivity index (χ0v) is 7.66. The zero-order valence-electron chi connectivity index (χ0n) is 6.84. The molecule has 0 aromatic carbocycles. The van der Waals surface area contributed by atoms with E-state index in [9.17, 15) is 0 Å². The monoisotopic (exact) mass is 171 g/mol. The van der Waals surface area contributed by atoms with Crippen LogP contribution in [0.4, 0.5) is 0 Å². The van der Waals surface area contributed by atoms with E-state index in [1.54, 1.807) is 0 Å². The van der Waals surface area contributed by atoms with E-state index in [1.165, 1.54) is 32.1 Å². The van der Waals surface area contributed by atoms with Gasteiger partial charge in [0.25, 0.3) is 0 Å². The van der Waals surface area contributed by atoms with Gasteiger partial charge in [-0.15, -0.1) is 0 Å². The Labute approximate surface area is 73.9 Å². The van der Waals surface area contributed by atoms with Crippen LogP contribution >= 0.6 is 12.6 Å². The third kappa shape index (κ3) is 2.12. The fraction of sp³-hybridized carbons (Fsp3) is 1.00. The van der Waals surface area contributed by atoms with Crippen LogP contribution in [0.2, 0.25) is 0 Å². The number of ether oxygens (including phenoxy) is 1. The van der Waals surface area contributed by atoms with Crippen molar-refractivity contribution in [3.8, 4) is 0 Å². The molecule has 2 saturated carbocycles. The first-order valence-electron chi connectivity index (χ1n) is 4.67. The second kappa shape index (κ2) is 2.98. The van der Waals surface area contributed by atoms with Crippen LogP contribution in [-0.2, 0) is 4.74 Å². The van der Waals surface area contributed by atoms with Gasteiger partial charge in [-0.1, -0.05) is 31.9 Å². The van der Waals surface area contributed by atoms with Crippen molar-refractivity contribution >= 4 is 12.6 Å². The van der Waals surface area contributed by atoms with E-state index in [1.807, 2.05) is 0 Å². The summed E-state index contributed by atoms with van der Waals surface area (Å²) >= 11 is 5.25. The van der Waals surface area contributed by atoms with Gasteiger partial charge < -0.3 is 4.74 Å². The third-order valence-electron chi connectivity index (χ3n) is 2.59. The Kier molecular flexibility index (Phi) is 2.15. The highest BCUT2D eigenvalue weighted by Gasteiger charge is 2.43. The molecule has 11 heavy (non-hydrogen) atoms. The van der Waals surface area contributed by atoms with Crippen LogP contribution in [0, 0.1) is 0 Å². The Morgan fingerprint density at radius 2 is 1.73 bits per heavy atom. The van der Waals surface area contributed by atoms with E-state index in [0.717, 1.165) is 12.8 Å². The normalized spacial score (nSPS) is 30.3. The molecule has 0 aromatic heterocycles. The highest BCUT2D eigenvalue weighted by atomic mass is 32.1. The molecule has 0 atom stereocenters. The fourth-order valence-corrected chi connectivity index (χ4v) is 1.94. The summed E-state index contributed by atoms with van der Waals surface area (Å²) in [7, 11) is 0. The minimum absolute atomic E-state index is 0.109. The van der Waals surface area contributed by atoms with Gasteiger partial charge in [-0.3, -0.25) is 0 Å². The van der Waals surface area contributed by atoms with Crippen LogP contribution < -0.4 is 0 Å². The average molecular weight is 171 g/mol. The standard InChI is InChI=1S/C9H15OS/c11-9(6-7-9)10-8-4-2-1-3-5-8/h8H,1-7H2. The molecular formula is C9H15OS.